The number of likely N-dealkylation sites (tertiary alicyclic amines) is 1. The van der Waals surface area contributed by atoms with Crippen LogP contribution in [0.1, 0.15) is 24.0 Å². The number of rotatable bonds is 3. The summed E-state index contributed by atoms with van der Waals surface area (Å²) < 4.78 is 0. The summed E-state index contributed by atoms with van der Waals surface area (Å²) in [5.41, 5.74) is 4.36. The Morgan fingerprint density at radius 1 is 1.22 bits per heavy atom. The van der Waals surface area contributed by atoms with Crippen LogP contribution < -0.4 is 0 Å². The maximum Gasteiger partial charge on any atom is 0.175 e. The van der Waals surface area contributed by atoms with Crippen LogP contribution in [0, 0.1) is 6.92 Å². The summed E-state index contributed by atoms with van der Waals surface area (Å²) in [7, 11) is 0. The second kappa shape index (κ2) is 6.84. The van der Waals surface area contributed by atoms with Gasteiger partial charge in [0.25, 0.3) is 0 Å². The van der Waals surface area contributed by atoms with E-state index >= 15 is 0 Å². The fourth-order valence-corrected chi connectivity index (χ4v) is 3.33. The molecule has 0 spiro atoms. The van der Waals surface area contributed by atoms with E-state index in [1.807, 2.05) is 35.2 Å². The van der Waals surface area contributed by atoms with Gasteiger partial charge in [0.2, 0.25) is 0 Å². The standard InChI is InChI=1S/C19H22N2O2/c1-14-12-16(9-10-18(14)15-6-3-2-4-7-15)19(20-23)21-11-5-8-17(21)13-22/h2-4,6-7,9-10,12,17,22-23H,5,8,11,13H2,1H3/t17-/m0/s1. The number of nitrogens with zero attached hydrogens (tertiary/aromatic N) is 2. The summed E-state index contributed by atoms with van der Waals surface area (Å²) in [6.45, 7) is 2.96. The Labute approximate surface area is 136 Å². The van der Waals surface area contributed by atoms with E-state index in [1.165, 1.54) is 11.1 Å². The average Bonchev–Trinajstić information content (AvgIpc) is 3.05. The van der Waals surface area contributed by atoms with Crippen molar-refractivity contribution in [3.63, 3.8) is 0 Å². The van der Waals surface area contributed by atoms with Crippen molar-refractivity contribution >= 4 is 5.84 Å². The Morgan fingerprint density at radius 2 is 2.00 bits per heavy atom. The van der Waals surface area contributed by atoms with Gasteiger partial charge in [-0.05, 0) is 42.5 Å². The zero-order chi connectivity index (χ0) is 16.2. The molecule has 0 bridgehead atoms. The first kappa shape index (κ1) is 15.6. The number of benzene rings is 2. The van der Waals surface area contributed by atoms with Gasteiger partial charge in [-0.15, -0.1) is 0 Å². The maximum atomic E-state index is 9.50. The van der Waals surface area contributed by atoms with Gasteiger partial charge in [0.1, 0.15) is 0 Å². The minimum absolute atomic E-state index is 0.0370. The summed E-state index contributed by atoms with van der Waals surface area (Å²) >= 11 is 0. The fourth-order valence-electron chi connectivity index (χ4n) is 3.33. The SMILES string of the molecule is Cc1cc(C(=NO)N2CCC[C@H]2CO)ccc1-c1ccccc1. The van der Waals surface area contributed by atoms with E-state index in [4.69, 9.17) is 0 Å². The van der Waals surface area contributed by atoms with Crippen molar-refractivity contribution in [3.05, 3.63) is 59.7 Å². The molecule has 1 aliphatic heterocycles. The van der Waals surface area contributed by atoms with Gasteiger partial charge in [-0.3, -0.25) is 0 Å². The molecule has 1 aliphatic rings. The van der Waals surface area contributed by atoms with Gasteiger partial charge in [-0.25, -0.2) is 0 Å². The molecule has 1 saturated heterocycles. The molecule has 1 atom stereocenters. The largest absolute Gasteiger partial charge is 0.409 e. The molecule has 120 valence electrons. The Morgan fingerprint density at radius 3 is 2.65 bits per heavy atom. The molecule has 2 aromatic rings. The molecule has 2 N–H and O–H groups in total. The zero-order valence-electron chi connectivity index (χ0n) is 13.3. The Bertz CT molecular complexity index is 698. The first-order chi connectivity index (χ1) is 11.2. The monoisotopic (exact) mass is 310 g/mol. The van der Waals surface area contributed by atoms with Crippen LogP contribution in [0.25, 0.3) is 11.1 Å². The van der Waals surface area contributed by atoms with Crippen molar-refractivity contribution in [2.75, 3.05) is 13.2 Å². The lowest BCUT2D eigenvalue weighted by atomic mass is 9.98. The van der Waals surface area contributed by atoms with Crippen molar-refractivity contribution < 1.29 is 10.3 Å². The van der Waals surface area contributed by atoms with E-state index in [9.17, 15) is 10.3 Å². The minimum Gasteiger partial charge on any atom is -0.409 e. The van der Waals surface area contributed by atoms with Crippen molar-refractivity contribution in [3.8, 4) is 11.1 Å². The van der Waals surface area contributed by atoms with Crippen LogP contribution in [0.2, 0.25) is 0 Å². The predicted octanol–water partition coefficient (Wildman–Crippen LogP) is 3.25. The highest BCUT2D eigenvalue weighted by Crippen LogP contribution is 2.26. The molecule has 4 nitrogen and oxygen atoms in total. The lowest BCUT2D eigenvalue weighted by Crippen LogP contribution is -2.38. The summed E-state index contributed by atoms with van der Waals surface area (Å²) in [6.07, 6.45) is 1.93. The molecule has 1 heterocycles. The van der Waals surface area contributed by atoms with Crippen molar-refractivity contribution in [1.29, 1.82) is 0 Å². The van der Waals surface area contributed by atoms with E-state index in [0.29, 0.717) is 5.84 Å². The van der Waals surface area contributed by atoms with Crippen molar-refractivity contribution in [2.24, 2.45) is 5.16 Å². The highest BCUT2D eigenvalue weighted by molar-refractivity contribution is 5.99. The van der Waals surface area contributed by atoms with Crippen molar-refractivity contribution in [1.82, 2.24) is 4.90 Å². The van der Waals surface area contributed by atoms with Gasteiger partial charge in [-0.1, -0.05) is 47.6 Å². The van der Waals surface area contributed by atoms with Crippen LogP contribution in [-0.4, -0.2) is 40.2 Å². The Balaban J connectivity index is 1.93. The molecular formula is C19H22N2O2. The first-order valence-corrected chi connectivity index (χ1v) is 8.00. The third kappa shape index (κ3) is 3.08. The third-order valence-electron chi connectivity index (χ3n) is 4.52. The van der Waals surface area contributed by atoms with Crippen LogP contribution >= 0.6 is 0 Å². The molecule has 0 unspecified atom stereocenters. The molecule has 2 aromatic carbocycles. The van der Waals surface area contributed by atoms with E-state index < -0.39 is 0 Å². The van der Waals surface area contributed by atoms with E-state index in [2.05, 4.69) is 30.3 Å². The Hall–Kier alpha value is -2.33. The molecular weight excluding hydrogens is 288 g/mol. The topological polar surface area (TPSA) is 56.1 Å². The lowest BCUT2D eigenvalue weighted by molar-refractivity contribution is 0.203. The quantitative estimate of drug-likeness (QED) is 0.396. The average molecular weight is 310 g/mol. The molecule has 23 heavy (non-hydrogen) atoms. The first-order valence-electron chi connectivity index (χ1n) is 8.00. The molecule has 1 fully saturated rings. The van der Waals surface area contributed by atoms with Crippen LogP contribution in [0.5, 0.6) is 0 Å². The fraction of sp³-hybridized carbons (Fsp3) is 0.316. The predicted molar refractivity (Wildman–Crippen MR) is 91.8 cm³/mol. The molecule has 0 amide bonds. The number of aliphatic hydroxyl groups is 1. The van der Waals surface area contributed by atoms with Gasteiger partial charge >= 0.3 is 0 Å². The van der Waals surface area contributed by atoms with Crippen LogP contribution in [-0.2, 0) is 0 Å². The van der Waals surface area contributed by atoms with Gasteiger partial charge in [0.15, 0.2) is 5.84 Å². The number of aryl methyl sites for hydroxylation is 1. The molecule has 0 saturated carbocycles. The molecule has 0 aromatic heterocycles. The van der Waals surface area contributed by atoms with Crippen LogP contribution in [0.15, 0.2) is 53.7 Å². The second-order valence-corrected chi connectivity index (χ2v) is 5.99. The van der Waals surface area contributed by atoms with Gasteiger partial charge in [0, 0.05) is 12.1 Å². The molecule has 0 radical (unpaired) electrons. The number of hydrogen-bond donors (Lipinski definition) is 2. The highest BCUT2D eigenvalue weighted by atomic mass is 16.4. The lowest BCUT2D eigenvalue weighted by Gasteiger charge is -2.26. The van der Waals surface area contributed by atoms with Crippen molar-refractivity contribution in [2.45, 2.75) is 25.8 Å². The molecule has 3 rings (SSSR count). The second-order valence-electron chi connectivity index (χ2n) is 5.99. The minimum atomic E-state index is 0.0370. The molecule has 0 aliphatic carbocycles. The normalized spacial score (nSPS) is 18.4. The highest BCUT2D eigenvalue weighted by Gasteiger charge is 2.28. The summed E-state index contributed by atoms with van der Waals surface area (Å²) in [5.74, 6) is 0.546. The van der Waals surface area contributed by atoms with E-state index in [0.717, 1.165) is 30.5 Å². The van der Waals surface area contributed by atoms with E-state index in [-0.39, 0.29) is 12.6 Å². The number of hydrogen-bond acceptors (Lipinski definition) is 3. The smallest absolute Gasteiger partial charge is 0.175 e. The van der Waals surface area contributed by atoms with Gasteiger partial charge in [-0.2, -0.15) is 0 Å². The maximum absolute atomic E-state index is 9.50. The Kier molecular flexibility index (Phi) is 4.63. The summed E-state index contributed by atoms with van der Waals surface area (Å²) in [6, 6.07) is 16.4. The van der Waals surface area contributed by atoms with Crippen LogP contribution in [0.3, 0.4) is 0 Å². The summed E-state index contributed by atoms with van der Waals surface area (Å²) in [4.78, 5) is 2.00. The number of oxime groups is 1. The van der Waals surface area contributed by atoms with Gasteiger partial charge < -0.3 is 15.2 Å². The zero-order valence-corrected chi connectivity index (χ0v) is 13.3. The number of amidine groups is 1. The summed E-state index contributed by atoms with van der Waals surface area (Å²) in [5, 5.41) is 22.5. The van der Waals surface area contributed by atoms with Gasteiger partial charge in [0.05, 0.1) is 12.6 Å². The van der Waals surface area contributed by atoms with E-state index in [1.54, 1.807) is 0 Å². The third-order valence-corrected chi connectivity index (χ3v) is 4.52. The molecule has 4 heteroatoms. The number of aliphatic hydroxyl groups excluding tert-OH is 1. The van der Waals surface area contributed by atoms with Crippen LogP contribution in [0.4, 0.5) is 0 Å².